The maximum Gasteiger partial charge on any atom is 0.416 e. The lowest BCUT2D eigenvalue weighted by Gasteiger charge is -2.20. The molecule has 0 saturated carbocycles. The highest BCUT2D eigenvalue weighted by molar-refractivity contribution is 5.84. The fourth-order valence-electron chi connectivity index (χ4n) is 1.90. The normalized spacial score (nSPS) is 13.3. The molecule has 2 nitrogen and oxygen atoms in total. The van der Waals surface area contributed by atoms with Gasteiger partial charge in [0.2, 0.25) is 0 Å². The maximum atomic E-state index is 13.1. The smallest absolute Gasteiger partial charge is 0.366 e. The van der Waals surface area contributed by atoms with Gasteiger partial charge in [-0.05, 0) is 25.5 Å². The van der Waals surface area contributed by atoms with E-state index < -0.39 is 29.4 Å². The van der Waals surface area contributed by atoms with Gasteiger partial charge >= 0.3 is 6.18 Å². The molecule has 0 saturated heterocycles. The van der Waals surface area contributed by atoms with Crippen molar-refractivity contribution in [1.82, 2.24) is 0 Å². The molecule has 1 aromatic rings. The molecule has 0 bridgehead atoms. The van der Waals surface area contributed by atoms with E-state index in [-0.39, 0.29) is 18.6 Å². The van der Waals surface area contributed by atoms with E-state index in [4.69, 9.17) is 4.74 Å². The molecule has 1 aromatic carbocycles. The van der Waals surface area contributed by atoms with Crippen LogP contribution in [0.15, 0.2) is 18.2 Å². The average Bonchev–Trinajstić information content (AvgIpc) is 2.35. The summed E-state index contributed by atoms with van der Waals surface area (Å²) in [7, 11) is 0. The summed E-state index contributed by atoms with van der Waals surface area (Å²) in [6, 6.07) is 2.25. The largest absolute Gasteiger partial charge is 0.416 e. The van der Waals surface area contributed by atoms with Crippen molar-refractivity contribution in [2.45, 2.75) is 39.0 Å². The Labute approximate surface area is 114 Å². The van der Waals surface area contributed by atoms with Gasteiger partial charge in [-0.15, -0.1) is 0 Å². The van der Waals surface area contributed by atoms with Crippen LogP contribution in [0.5, 0.6) is 0 Å². The Hall–Kier alpha value is -1.43. The highest BCUT2D eigenvalue weighted by Crippen LogP contribution is 2.36. The Morgan fingerprint density at radius 2 is 1.95 bits per heavy atom. The minimum atomic E-state index is -4.74. The molecule has 0 aliphatic carbocycles. The summed E-state index contributed by atoms with van der Waals surface area (Å²) in [5, 5.41) is 0. The lowest BCUT2D eigenvalue weighted by Crippen LogP contribution is -2.21. The minimum absolute atomic E-state index is 0.0921. The second kappa shape index (κ2) is 6.83. The topological polar surface area (TPSA) is 26.3 Å². The van der Waals surface area contributed by atoms with Crippen LogP contribution >= 0.6 is 0 Å². The summed E-state index contributed by atoms with van der Waals surface area (Å²) in [4.78, 5) is 11.9. The van der Waals surface area contributed by atoms with Gasteiger partial charge in [0.25, 0.3) is 0 Å². The van der Waals surface area contributed by atoms with Crippen LogP contribution in [-0.4, -0.2) is 12.4 Å². The van der Waals surface area contributed by atoms with E-state index in [0.717, 1.165) is 12.1 Å². The molecule has 0 spiro atoms. The molecule has 20 heavy (non-hydrogen) atoms. The number of alkyl halides is 3. The number of Topliss-reactive ketones (excluding diaryl/α,β-unsaturated/α-hetero) is 1. The van der Waals surface area contributed by atoms with Crippen molar-refractivity contribution in [3.05, 3.63) is 35.1 Å². The van der Waals surface area contributed by atoms with Crippen LogP contribution in [0.4, 0.5) is 17.6 Å². The average molecular weight is 292 g/mol. The molecule has 0 aliphatic rings. The SMILES string of the molecule is CCCC(=O)C(OCC)c1ccc(F)cc1C(F)(F)F. The van der Waals surface area contributed by atoms with Crippen molar-refractivity contribution >= 4 is 5.78 Å². The van der Waals surface area contributed by atoms with E-state index in [0.29, 0.717) is 12.5 Å². The van der Waals surface area contributed by atoms with Crippen LogP contribution in [0.1, 0.15) is 43.9 Å². The zero-order valence-corrected chi connectivity index (χ0v) is 11.3. The fraction of sp³-hybridized carbons (Fsp3) is 0.500. The standard InChI is InChI=1S/C14H16F4O2/c1-3-5-12(19)13(20-4-2)10-7-6-9(15)8-11(10)14(16,17)18/h6-8,13H,3-5H2,1-2H3. The first-order valence-corrected chi connectivity index (χ1v) is 6.32. The first-order valence-electron chi connectivity index (χ1n) is 6.32. The zero-order valence-electron chi connectivity index (χ0n) is 11.3. The summed E-state index contributed by atoms with van der Waals surface area (Å²) >= 11 is 0. The molecule has 6 heteroatoms. The molecule has 0 amide bonds. The Balaban J connectivity index is 3.29. The third-order valence-electron chi connectivity index (χ3n) is 2.73. The molecule has 1 rings (SSSR count). The molecule has 0 radical (unpaired) electrons. The fourth-order valence-corrected chi connectivity index (χ4v) is 1.90. The van der Waals surface area contributed by atoms with Gasteiger partial charge in [-0.3, -0.25) is 4.79 Å². The van der Waals surface area contributed by atoms with Gasteiger partial charge < -0.3 is 4.74 Å². The quantitative estimate of drug-likeness (QED) is 0.731. The first-order chi connectivity index (χ1) is 9.31. The van der Waals surface area contributed by atoms with E-state index >= 15 is 0 Å². The van der Waals surface area contributed by atoms with Gasteiger partial charge in [0, 0.05) is 18.6 Å². The zero-order chi connectivity index (χ0) is 15.3. The number of hydrogen-bond acceptors (Lipinski definition) is 2. The summed E-state index contributed by atoms with van der Waals surface area (Å²) in [5.74, 6) is -1.44. The van der Waals surface area contributed by atoms with Crippen molar-refractivity contribution in [3.8, 4) is 0 Å². The highest BCUT2D eigenvalue weighted by atomic mass is 19.4. The van der Waals surface area contributed by atoms with Gasteiger partial charge in [-0.2, -0.15) is 13.2 Å². The van der Waals surface area contributed by atoms with Gasteiger partial charge in [-0.1, -0.05) is 13.0 Å². The van der Waals surface area contributed by atoms with Crippen LogP contribution in [0.25, 0.3) is 0 Å². The van der Waals surface area contributed by atoms with Gasteiger partial charge in [0.15, 0.2) is 5.78 Å². The number of hydrogen-bond donors (Lipinski definition) is 0. The van der Waals surface area contributed by atoms with E-state index in [1.165, 1.54) is 0 Å². The second-order valence-electron chi connectivity index (χ2n) is 4.28. The van der Waals surface area contributed by atoms with Gasteiger partial charge in [0.05, 0.1) is 5.56 Å². The third-order valence-corrected chi connectivity index (χ3v) is 2.73. The molecule has 0 heterocycles. The van der Waals surface area contributed by atoms with Crippen LogP contribution in [0.2, 0.25) is 0 Å². The van der Waals surface area contributed by atoms with Crippen molar-refractivity contribution < 1.29 is 27.1 Å². The van der Waals surface area contributed by atoms with Crippen molar-refractivity contribution in [3.63, 3.8) is 0 Å². The molecule has 0 aromatic heterocycles. The molecule has 0 fully saturated rings. The van der Waals surface area contributed by atoms with E-state index in [2.05, 4.69) is 0 Å². The second-order valence-corrected chi connectivity index (χ2v) is 4.28. The molecule has 1 unspecified atom stereocenters. The molecular weight excluding hydrogens is 276 g/mol. The lowest BCUT2D eigenvalue weighted by molar-refractivity contribution is -0.141. The number of rotatable bonds is 6. The Morgan fingerprint density at radius 3 is 2.45 bits per heavy atom. The first kappa shape index (κ1) is 16.6. The monoisotopic (exact) mass is 292 g/mol. The lowest BCUT2D eigenvalue weighted by atomic mass is 9.97. The van der Waals surface area contributed by atoms with Crippen LogP contribution in [-0.2, 0) is 15.7 Å². The van der Waals surface area contributed by atoms with E-state index in [1.54, 1.807) is 13.8 Å². The van der Waals surface area contributed by atoms with Crippen LogP contribution < -0.4 is 0 Å². The van der Waals surface area contributed by atoms with Crippen LogP contribution in [0.3, 0.4) is 0 Å². The molecular formula is C14H16F4O2. The van der Waals surface area contributed by atoms with Crippen molar-refractivity contribution in [1.29, 1.82) is 0 Å². The summed E-state index contributed by atoms with van der Waals surface area (Å²) in [6.07, 6.45) is -5.43. The van der Waals surface area contributed by atoms with Crippen molar-refractivity contribution in [2.75, 3.05) is 6.61 Å². The van der Waals surface area contributed by atoms with Gasteiger partial charge in [0.1, 0.15) is 11.9 Å². The number of ether oxygens (including phenoxy) is 1. The minimum Gasteiger partial charge on any atom is -0.366 e. The molecule has 0 N–H and O–H groups in total. The number of carbonyl (C=O) groups excluding carboxylic acids is 1. The van der Waals surface area contributed by atoms with Crippen molar-refractivity contribution in [2.24, 2.45) is 0 Å². The number of carbonyl (C=O) groups is 1. The number of benzene rings is 1. The Morgan fingerprint density at radius 1 is 1.30 bits per heavy atom. The predicted molar refractivity (Wildman–Crippen MR) is 65.7 cm³/mol. The van der Waals surface area contributed by atoms with Gasteiger partial charge in [-0.25, -0.2) is 4.39 Å². The number of ketones is 1. The molecule has 112 valence electrons. The summed E-state index contributed by atoms with van der Waals surface area (Å²) in [5.41, 5.74) is -1.50. The number of halogens is 4. The Kier molecular flexibility index (Phi) is 5.68. The highest BCUT2D eigenvalue weighted by Gasteiger charge is 2.37. The Bertz CT molecular complexity index is 469. The third kappa shape index (κ3) is 4.03. The van der Waals surface area contributed by atoms with Crippen LogP contribution in [0, 0.1) is 5.82 Å². The van der Waals surface area contributed by atoms with E-state index in [1.807, 2.05) is 0 Å². The molecule has 1 atom stereocenters. The maximum absolute atomic E-state index is 13.1. The summed E-state index contributed by atoms with van der Waals surface area (Å²) in [6.45, 7) is 3.42. The molecule has 0 aliphatic heterocycles. The summed E-state index contributed by atoms with van der Waals surface area (Å²) < 4.78 is 57.0. The van der Waals surface area contributed by atoms with E-state index in [9.17, 15) is 22.4 Å². The predicted octanol–water partition coefficient (Wildman–Crippen LogP) is 4.29.